The van der Waals surface area contributed by atoms with E-state index < -0.39 is 6.10 Å². The van der Waals surface area contributed by atoms with Crippen molar-refractivity contribution in [3.63, 3.8) is 0 Å². The van der Waals surface area contributed by atoms with Gasteiger partial charge in [-0.1, -0.05) is 246 Å². The third kappa shape index (κ3) is 59.1. The molecule has 0 spiro atoms. The van der Waals surface area contributed by atoms with Crippen LogP contribution in [0.5, 0.6) is 0 Å². The molecule has 0 aromatic rings. The van der Waals surface area contributed by atoms with Gasteiger partial charge in [0.15, 0.2) is 6.10 Å². The minimum absolute atomic E-state index is 0.0611. The van der Waals surface area contributed by atoms with Crippen LogP contribution < -0.4 is 0 Å². The van der Waals surface area contributed by atoms with Gasteiger partial charge in [-0.05, 0) is 128 Å². The molecule has 0 N–H and O–H groups in total. The zero-order valence-electron chi connectivity index (χ0n) is 47.4. The Morgan fingerprint density at radius 2 is 0.625 bits per heavy atom. The minimum atomic E-state index is -0.566. The number of ether oxygens (including phenoxy) is 3. The highest BCUT2D eigenvalue weighted by molar-refractivity contribution is 5.70. The molecule has 0 rings (SSSR count). The summed E-state index contributed by atoms with van der Waals surface area (Å²) in [5.41, 5.74) is 0. The monoisotopic (exact) mass is 999 g/mol. The molecule has 0 amide bonds. The Morgan fingerprint density at radius 3 is 1.04 bits per heavy atom. The van der Waals surface area contributed by atoms with Gasteiger partial charge in [0.05, 0.1) is 6.61 Å². The number of hydrogen-bond acceptors (Lipinski definition) is 5. The summed E-state index contributed by atoms with van der Waals surface area (Å²) in [5, 5.41) is 0. The zero-order chi connectivity index (χ0) is 52.0. The molecule has 0 aliphatic rings. The molecule has 0 bridgehead atoms. The highest BCUT2D eigenvalue weighted by atomic mass is 16.6. The van der Waals surface area contributed by atoms with Crippen LogP contribution in [0, 0.1) is 0 Å². The van der Waals surface area contributed by atoms with Crippen molar-refractivity contribution >= 4 is 11.9 Å². The molecule has 0 heterocycles. The molecule has 72 heavy (non-hydrogen) atoms. The highest BCUT2D eigenvalue weighted by Gasteiger charge is 2.17. The lowest BCUT2D eigenvalue weighted by Gasteiger charge is -2.18. The predicted molar refractivity (Wildman–Crippen MR) is 316 cm³/mol. The van der Waals surface area contributed by atoms with Crippen LogP contribution in [0.1, 0.15) is 278 Å². The summed E-state index contributed by atoms with van der Waals surface area (Å²) in [7, 11) is 0. The topological polar surface area (TPSA) is 61.8 Å². The Labute approximate surface area is 446 Å². The molecule has 1 unspecified atom stereocenters. The number of carbonyl (C=O) groups excluding carboxylic acids is 2. The van der Waals surface area contributed by atoms with E-state index in [9.17, 15) is 9.59 Å². The molecule has 5 nitrogen and oxygen atoms in total. The van der Waals surface area contributed by atoms with Crippen LogP contribution in [-0.4, -0.2) is 37.9 Å². The molecule has 0 fully saturated rings. The number of unbranched alkanes of at least 4 members (excludes halogenated alkanes) is 26. The number of allylic oxidation sites excluding steroid dienone is 18. The Bertz CT molecular complexity index is 1410. The molecule has 0 aliphatic heterocycles. The number of carbonyl (C=O) groups is 2. The Hall–Kier alpha value is -3.44. The second-order valence-electron chi connectivity index (χ2n) is 19.9. The summed E-state index contributed by atoms with van der Waals surface area (Å²) in [6.45, 7) is 7.62. The summed E-state index contributed by atoms with van der Waals surface area (Å²) in [6, 6.07) is 0. The molecule has 0 saturated heterocycles. The van der Waals surface area contributed by atoms with Crippen LogP contribution in [0.2, 0.25) is 0 Å². The van der Waals surface area contributed by atoms with E-state index in [4.69, 9.17) is 14.2 Å². The lowest BCUT2D eigenvalue weighted by atomic mass is 10.1. The smallest absolute Gasteiger partial charge is 0.306 e. The molecule has 0 saturated carbocycles. The Balaban J connectivity index is 4.38. The first-order chi connectivity index (χ1) is 35.6. The Kier molecular flexibility index (Phi) is 58.9. The minimum Gasteiger partial charge on any atom is -0.462 e. The fourth-order valence-corrected chi connectivity index (χ4v) is 8.24. The van der Waals surface area contributed by atoms with Gasteiger partial charge >= 0.3 is 11.9 Å². The van der Waals surface area contributed by atoms with Crippen molar-refractivity contribution in [3.05, 3.63) is 109 Å². The molecule has 0 aromatic carbocycles. The van der Waals surface area contributed by atoms with Gasteiger partial charge in [0.2, 0.25) is 0 Å². The van der Waals surface area contributed by atoms with E-state index in [1.807, 2.05) is 0 Å². The van der Waals surface area contributed by atoms with Crippen LogP contribution in [0.25, 0.3) is 0 Å². The quantitative estimate of drug-likeness (QED) is 0.0345. The SMILES string of the molecule is CC/C=C\C/C=C\C/C=C\C/C=C\C/C=C\CCCCCCOCC(COC(=O)CCCCCCCC/C=C\C/C=C\C/C=C\CCCCC)OC(=O)CCCCCCCCC/C=C\CCCCCCCC. The number of hydrogen-bond donors (Lipinski definition) is 0. The normalized spacial score (nSPS) is 13.0. The molecule has 1 atom stereocenters. The van der Waals surface area contributed by atoms with Crippen molar-refractivity contribution < 1.29 is 23.8 Å². The van der Waals surface area contributed by atoms with Crippen molar-refractivity contribution in [2.24, 2.45) is 0 Å². The molecule has 0 aliphatic carbocycles. The number of rotatable bonds is 55. The fourth-order valence-electron chi connectivity index (χ4n) is 8.24. The first-order valence-electron chi connectivity index (χ1n) is 30.4. The van der Waals surface area contributed by atoms with Gasteiger partial charge in [-0.15, -0.1) is 0 Å². The third-order valence-electron chi connectivity index (χ3n) is 12.8. The largest absolute Gasteiger partial charge is 0.462 e. The van der Waals surface area contributed by atoms with Gasteiger partial charge in [-0.25, -0.2) is 0 Å². The van der Waals surface area contributed by atoms with Crippen LogP contribution in [0.15, 0.2) is 109 Å². The van der Waals surface area contributed by atoms with Crippen LogP contribution in [-0.2, 0) is 23.8 Å². The third-order valence-corrected chi connectivity index (χ3v) is 12.8. The van der Waals surface area contributed by atoms with Gasteiger partial charge in [0.1, 0.15) is 6.61 Å². The maximum absolute atomic E-state index is 12.9. The van der Waals surface area contributed by atoms with E-state index in [2.05, 4.69) is 130 Å². The molecule has 0 radical (unpaired) electrons. The lowest BCUT2D eigenvalue weighted by molar-refractivity contribution is -0.163. The van der Waals surface area contributed by atoms with Crippen LogP contribution in [0.4, 0.5) is 0 Å². The van der Waals surface area contributed by atoms with E-state index in [-0.39, 0.29) is 25.2 Å². The molecule has 5 heteroatoms. The van der Waals surface area contributed by atoms with E-state index in [1.54, 1.807) is 0 Å². The van der Waals surface area contributed by atoms with Crippen molar-refractivity contribution in [2.45, 2.75) is 284 Å². The van der Waals surface area contributed by atoms with Gasteiger partial charge in [0.25, 0.3) is 0 Å². The van der Waals surface area contributed by atoms with E-state index in [0.717, 1.165) is 116 Å². The molecule has 0 aromatic heterocycles. The van der Waals surface area contributed by atoms with E-state index in [1.165, 1.54) is 128 Å². The van der Waals surface area contributed by atoms with Crippen LogP contribution in [0.3, 0.4) is 0 Å². The maximum atomic E-state index is 12.9. The van der Waals surface area contributed by atoms with Crippen molar-refractivity contribution in [1.82, 2.24) is 0 Å². The predicted octanol–water partition coefficient (Wildman–Crippen LogP) is 21.1. The molecule has 412 valence electrons. The number of esters is 2. The van der Waals surface area contributed by atoms with Gasteiger partial charge < -0.3 is 14.2 Å². The van der Waals surface area contributed by atoms with Crippen molar-refractivity contribution in [2.75, 3.05) is 19.8 Å². The average molecular weight is 1000 g/mol. The summed E-state index contributed by atoms with van der Waals surface area (Å²) in [4.78, 5) is 25.6. The Morgan fingerprint density at radius 1 is 0.319 bits per heavy atom. The lowest BCUT2D eigenvalue weighted by Crippen LogP contribution is -2.30. The van der Waals surface area contributed by atoms with Gasteiger partial charge in [-0.2, -0.15) is 0 Å². The van der Waals surface area contributed by atoms with Gasteiger partial charge in [0, 0.05) is 19.4 Å². The maximum Gasteiger partial charge on any atom is 0.306 e. The van der Waals surface area contributed by atoms with Crippen molar-refractivity contribution in [1.29, 1.82) is 0 Å². The zero-order valence-corrected chi connectivity index (χ0v) is 47.4. The van der Waals surface area contributed by atoms with E-state index >= 15 is 0 Å². The first kappa shape index (κ1) is 68.6. The van der Waals surface area contributed by atoms with Crippen molar-refractivity contribution in [3.8, 4) is 0 Å². The van der Waals surface area contributed by atoms with Gasteiger partial charge in [-0.3, -0.25) is 9.59 Å². The van der Waals surface area contributed by atoms with E-state index in [0.29, 0.717) is 19.4 Å². The van der Waals surface area contributed by atoms with Crippen LogP contribution >= 0.6 is 0 Å². The first-order valence-corrected chi connectivity index (χ1v) is 30.4. The summed E-state index contributed by atoms with van der Waals surface area (Å²) in [6.07, 6.45) is 85.4. The fraction of sp³-hybridized carbons (Fsp3) is 0.701. The standard InChI is InChI=1S/C67H114O5/c1-4-7-10-13-16-19-22-25-28-31-33-35-38-41-44-47-50-53-56-59-62-70-63-65(72-67(69)61-58-55-52-49-46-43-40-36-30-27-24-21-18-15-12-9-6-3)64-71-66(68)60-57-54-51-48-45-42-39-37-34-32-29-26-23-20-17-14-11-8-5-2/h7,10,16-17,19-20,25-30,33-35,37,41,44,65H,4-6,8-9,11-15,18,21-24,31-32,36,38-40,42-43,45-64H2,1-3H3/b10-7-,19-16-,20-17-,28-25-,29-26-,30-27-,35-33-,37-34-,44-41-. The summed E-state index contributed by atoms with van der Waals surface area (Å²) in [5.74, 6) is -0.429. The second-order valence-corrected chi connectivity index (χ2v) is 19.9. The summed E-state index contributed by atoms with van der Waals surface area (Å²) >= 11 is 0. The average Bonchev–Trinajstić information content (AvgIpc) is 3.38. The summed E-state index contributed by atoms with van der Waals surface area (Å²) < 4.78 is 17.5. The highest BCUT2D eigenvalue weighted by Crippen LogP contribution is 2.14. The molecular weight excluding hydrogens is 885 g/mol. The molecular formula is C67H114O5. The second kappa shape index (κ2) is 61.9.